The third kappa shape index (κ3) is 4.64. The molecule has 1 unspecified atom stereocenters. The van der Waals surface area contributed by atoms with Gasteiger partial charge in [0.25, 0.3) is 0 Å². The Bertz CT molecular complexity index is 597. The molecular formula is C21H33N3O2. The van der Waals surface area contributed by atoms with Crippen LogP contribution in [0.15, 0.2) is 30.3 Å². The SMILES string of the molecule is CCN(CC)C(=O)C(c1ccccc1)N1CCN(C(=O)C(C)(C)C)CC1. The second-order valence-electron chi connectivity index (χ2n) is 7.90. The molecule has 5 heteroatoms. The van der Waals surface area contributed by atoms with Gasteiger partial charge in [0.05, 0.1) is 0 Å². The number of hydrogen-bond donors (Lipinski definition) is 0. The molecule has 1 heterocycles. The normalized spacial score (nSPS) is 17.0. The van der Waals surface area contributed by atoms with Crippen molar-refractivity contribution in [2.75, 3.05) is 39.3 Å². The number of amides is 2. The first kappa shape index (κ1) is 20.4. The van der Waals surface area contributed by atoms with Crippen LogP contribution in [-0.2, 0) is 9.59 Å². The largest absolute Gasteiger partial charge is 0.342 e. The van der Waals surface area contributed by atoms with Gasteiger partial charge in [0.15, 0.2) is 0 Å². The summed E-state index contributed by atoms with van der Waals surface area (Å²) in [5.41, 5.74) is 0.665. The molecule has 1 aromatic carbocycles. The molecule has 1 aromatic rings. The van der Waals surface area contributed by atoms with Gasteiger partial charge < -0.3 is 9.80 Å². The Morgan fingerprint density at radius 1 is 1.00 bits per heavy atom. The lowest BCUT2D eigenvalue weighted by Crippen LogP contribution is -2.54. The van der Waals surface area contributed by atoms with Gasteiger partial charge in [0.1, 0.15) is 6.04 Å². The van der Waals surface area contributed by atoms with Gasteiger partial charge in [-0.2, -0.15) is 0 Å². The zero-order valence-electron chi connectivity index (χ0n) is 16.9. The summed E-state index contributed by atoms with van der Waals surface area (Å²) in [4.78, 5) is 31.8. The molecule has 5 nitrogen and oxygen atoms in total. The van der Waals surface area contributed by atoms with E-state index in [0.29, 0.717) is 39.3 Å². The summed E-state index contributed by atoms with van der Waals surface area (Å²) in [6.45, 7) is 14.1. The van der Waals surface area contributed by atoms with Crippen molar-refractivity contribution in [3.8, 4) is 0 Å². The molecule has 26 heavy (non-hydrogen) atoms. The van der Waals surface area contributed by atoms with Crippen LogP contribution in [0.2, 0.25) is 0 Å². The van der Waals surface area contributed by atoms with Gasteiger partial charge >= 0.3 is 0 Å². The number of rotatable bonds is 5. The Morgan fingerprint density at radius 2 is 1.54 bits per heavy atom. The van der Waals surface area contributed by atoms with E-state index in [-0.39, 0.29) is 23.3 Å². The molecule has 1 atom stereocenters. The van der Waals surface area contributed by atoms with Crippen molar-refractivity contribution in [1.29, 1.82) is 0 Å². The highest BCUT2D eigenvalue weighted by Crippen LogP contribution is 2.26. The second kappa shape index (κ2) is 8.67. The van der Waals surface area contributed by atoms with E-state index in [1.807, 2.05) is 74.8 Å². The van der Waals surface area contributed by atoms with Crippen LogP contribution in [0.5, 0.6) is 0 Å². The first-order valence-corrected chi connectivity index (χ1v) is 9.66. The summed E-state index contributed by atoms with van der Waals surface area (Å²) in [5.74, 6) is 0.334. The number of carbonyl (C=O) groups excluding carboxylic acids is 2. The lowest BCUT2D eigenvalue weighted by atomic mass is 9.94. The van der Waals surface area contributed by atoms with Crippen LogP contribution in [0.4, 0.5) is 0 Å². The molecule has 0 saturated carbocycles. The number of carbonyl (C=O) groups is 2. The van der Waals surface area contributed by atoms with Crippen LogP contribution in [0.3, 0.4) is 0 Å². The van der Waals surface area contributed by atoms with E-state index in [4.69, 9.17) is 0 Å². The van der Waals surface area contributed by atoms with Crippen LogP contribution in [-0.4, -0.2) is 65.8 Å². The molecular weight excluding hydrogens is 326 g/mol. The average molecular weight is 360 g/mol. The monoisotopic (exact) mass is 359 g/mol. The number of piperazine rings is 1. The van der Waals surface area contributed by atoms with Crippen molar-refractivity contribution in [3.63, 3.8) is 0 Å². The summed E-state index contributed by atoms with van der Waals surface area (Å²) in [6, 6.07) is 9.72. The summed E-state index contributed by atoms with van der Waals surface area (Å²) < 4.78 is 0. The van der Waals surface area contributed by atoms with E-state index < -0.39 is 0 Å². The van der Waals surface area contributed by atoms with Gasteiger partial charge in [0.2, 0.25) is 11.8 Å². The van der Waals surface area contributed by atoms with Crippen molar-refractivity contribution in [1.82, 2.24) is 14.7 Å². The maximum Gasteiger partial charge on any atom is 0.244 e. The lowest BCUT2D eigenvalue weighted by molar-refractivity contribution is -0.143. The van der Waals surface area contributed by atoms with Crippen LogP contribution < -0.4 is 0 Å². The minimum absolute atomic E-state index is 0.150. The predicted octanol–water partition coefficient (Wildman–Crippen LogP) is 2.79. The lowest BCUT2D eigenvalue weighted by Gasteiger charge is -2.41. The quantitative estimate of drug-likeness (QED) is 0.812. The Kier molecular flexibility index (Phi) is 6.81. The second-order valence-corrected chi connectivity index (χ2v) is 7.90. The Hall–Kier alpha value is -1.88. The summed E-state index contributed by atoms with van der Waals surface area (Å²) in [5, 5.41) is 0. The number of likely N-dealkylation sites (N-methyl/N-ethyl adjacent to an activating group) is 1. The maximum absolute atomic E-state index is 13.2. The number of benzene rings is 1. The molecule has 144 valence electrons. The van der Waals surface area contributed by atoms with E-state index in [1.54, 1.807) is 0 Å². The zero-order chi connectivity index (χ0) is 19.3. The Morgan fingerprint density at radius 3 is 2.00 bits per heavy atom. The third-order valence-electron chi connectivity index (χ3n) is 5.03. The maximum atomic E-state index is 13.2. The topological polar surface area (TPSA) is 43.9 Å². The minimum Gasteiger partial charge on any atom is -0.342 e. The highest BCUT2D eigenvalue weighted by Gasteiger charge is 2.35. The first-order chi connectivity index (χ1) is 12.3. The smallest absolute Gasteiger partial charge is 0.244 e. The van der Waals surface area contributed by atoms with Crippen LogP contribution in [0.1, 0.15) is 46.2 Å². The highest BCUT2D eigenvalue weighted by atomic mass is 16.2. The van der Waals surface area contributed by atoms with E-state index in [2.05, 4.69) is 4.90 Å². The molecule has 1 saturated heterocycles. The van der Waals surface area contributed by atoms with Gasteiger partial charge in [-0.1, -0.05) is 51.1 Å². The Balaban J connectivity index is 2.18. The van der Waals surface area contributed by atoms with Gasteiger partial charge in [-0.3, -0.25) is 14.5 Å². The molecule has 0 N–H and O–H groups in total. The average Bonchev–Trinajstić information content (AvgIpc) is 2.63. The molecule has 1 aliphatic rings. The van der Waals surface area contributed by atoms with Crippen molar-refractivity contribution in [2.45, 2.75) is 40.7 Å². The molecule has 0 aliphatic carbocycles. The van der Waals surface area contributed by atoms with Crippen LogP contribution >= 0.6 is 0 Å². The molecule has 0 bridgehead atoms. The number of hydrogen-bond acceptors (Lipinski definition) is 3. The number of nitrogens with zero attached hydrogens (tertiary/aromatic N) is 3. The summed E-state index contributed by atoms with van der Waals surface area (Å²) in [7, 11) is 0. The predicted molar refractivity (Wildman–Crippen MR) is 105 cm³/mol. The third-order valence-corrected chi connectivity index (χ3v) is 5.03. The fraction of sp³-hybridized carbons (Fsp3) is 0.619. The molecule has 1 aliphatic heterocycles. The van der Waals surface area contributed by atoms with Crippen LogP contribution in [0.25, 0.3) is 0 Å². The van der Waals surface area contributed by atoms with Gasteiger partial charge in [-0.05, 0) is 19.4 Å². The fourth-order valence-corrected chi connectivity index (χ4v) is 3.51. The van der Waals surface area contributed by atoms with E-state index >= 15 is 0 Å². The summed E-state index contributed by atoms with van der Waals surface area (Å²) in [6.07, 6.45) is 0. The zero-order valence-corrected chi connectivity index (χ0v) is 16.9. The molecule has 1 fully saturated rings. The van der Waals surface area contributed by atoms with Gasteiger partial charge in [-0.25, -0.2) is 0 Å². The molecule has 0 spiro atoms. The van der Waals surface area contributed by atoms with Crippen molar-refractivity contribution >= 4 is 11.8 Å². The van der Waals surface area contributed by atoms with Crippen molar-refractivity contribution in [2.24, 2.45) is 5.41 Å². The molecule has 0 aromatic heterocycles. The molecule has 2 amide bonds. The van der Waals surface area contributed by atoms with Gasteiger partial charge in [0, 0.05) is 44.7 Å². The minimum atomic E-state index is -0.363. The summed E-state index contributed by atoms with van der Waals surface area (Å²) >= 11 is 0. The van der Waals surface area contributed by atoms with Crippen molar-refractivity contribution < 1.29 is 9.59 Å². The van der Waals surface area contributed by atoms with Crippen molar-refractivity contribution in [3.05, 3.63) is 35.9 Å². The van der Waals surface area contributed by atoms with E-state index in [0.717, 1.165) is 5.56 Å². The van der Waals surface area contributed by atoms with E-state index in [9.17, 15) is 9.59 Å². The standard InChI is InChI=1S/C21H33N3O2/c1-6-22(7-2)19(25)18(17-11-9-8-10-12-17)23-13-15-24(16-14-23)20(26)21(3,4)5/h8-12,18H,6-7,13-16H2,1-5H3. The highest BCUT2D eigenvalue weighted by molar-refractivity contribution is 5.84. The van der Waals surface area contributed by atoms with E-state index in [1.165, 1.54) is 0 Å². The first-order valence-electron chi connectivity index (χ1n) is 9.66. The Labute approximate surface area is 158 Å². The van der Waals surface area contributed by atoms with Crippen LogP contribution in [0, 0.1) is 5.41 Å². The fourth-order valence-electron chi connectivity index (χ4n) is 3.51. The molecule has 2 rings (SSSR count). The molecule has 0 radical (unpaired) electrons. The van der Waals surface area contributed by atoms with Gasteiger partial charge in [-0.15, -0.1) is 0 Å².